The number of hydrogen-bond donors (Lipinski definition) is 1. The predicted molar refractivity (Wildman–Crippen MR) is 79.5 cm³/mol. The molecule has 0 radical (unpaired) electrons. The number of anilines is 1. The van der Waals surface area contributed by atoms with Crippen LogP contribution in [0.15, 0.2) is 52.9 Å². The monoisotopic (exact) mass is 251 g/mol. The van der Waals surface area contributed by atoms with Gasteiger partial charge < -0.3 is 9.73 Å². The Bertz CT molecular complexity index is 659. The van der Waals surface area contributed by atoms with Crippen LogP contribution in [0, 0.1) is 13.8 Å². The van der Waals surface area contributed by atoms with Gasteiger partial charge in [-0.25, -0.2) is 0 Å². The molecule has 0 amide bonds. The fourth-order valence-electron chi connectivity index (χ4n) is 2.39. The minimum Gasteiger partial charge on any atom is -0.459 e. The van der Waals surface area contributed by atoms with Crippen molar-refractivity contribution in [2.45, 2.75) is 20.4 Å². The first kappa shape index (κ1) is 11.8. The molecule has 2 aromatic carbocycles. The molecule has 0 saturated heterocycles. The van der Waals surface area contributed by atoms with Crippen molar-refractivity contribution in [3.05, 3.63) is 65.4 Å². The minimum atomic E-state index is 0.706. The Kier molecular flexibility index (Phi) is 3.00. The SMILES string of the molecule is Cc1cc(C)cc(NCc2cc3ccccc3o2)c1. The quantitative estimate of drug-likeness (QED) is 0.732. The highest BCUT2D eigenvalue weighted by Crippen LogP contribution is 2.20. The van der Waals surface area contributed by atoms with Crippen molar-refractivity contribution in [1.82, 2.24) is 0 Å². The van der Waals surface area contributed by atoms with Crippen LogP contribution in [0.4, 0.5) is 5.69 Å². The van der Waals surface area contributed by atoms with E-state index < -0.39 is 0 Å². The Labute approximate surface area is 113 Å². The molecule has 2 heteroatoms. The molecule has 0 saturated carbocycles. The van der Waals surface area contributed by atoms with Gasteiger partial charge in [-0.05, 0) is 49.2 Å². The van der Waals surface area contributed by atoms with Gasteiger partial charge in [-0.1, -0.05) is 24.3 Å². The van der Waals surface area contributed by atoms with Gasteiger partial charge >= 0.3 is 0 Å². The van der Waals surface area contributed by atoms with Crippen LogP contribution in [0.3, 0.4) is 0 Å². The molecule has 0 spiro atoms. The second-order valence-corrected chi connectivity index (χ2v) is 4.98. The summed E-state index contributed by atoms with van der Waals surface area (Å²) in [7, 11) is 0. The average Bonchev–Trinajstić information content (AvgIpc) is 2.78. The zero-order valence-electron chi connectivity index (χ0n) is 11.2. The van der Waals surface area contributed by atoms with E-state index in [9.17, 15) is 0 Å². The summed E-state index contributed by atoms with van der Waals surface area (Å²) in [4.78, 5) is 0. The number of para-hydroxylation sites is 1. The fraction of sp³-hybridized carbons (Fsp3) is 0.176. The fourth-order valence-corrected chi connectivity index (χ4v) is 2.39. The Hall–Kier alpha value is -2.22. The highest BCUT2D eigenvalue weighted by Gasteiger charge is 2.03. The van der Waals surface area contributed by atoms with E-state index in [0.717, 1.165) is 22.4 Å². The molecule has 0 aliphatic carbocycles. The number of furan rings is 1. The van der Waals surface area contributed by atoms with Gasteiger partial charge in [0.05, 0.1) is 6.54 Å². The van der Waals surface area contributed by atoms with E-state index in [1.165, 1.54) is 11.1 Å². The summed E-state index contributed by atoms with van der Waals surface area (Å²) in [6, 6.07) is 16.6. The van der Waals surface area contributed by atoms with Crippen LogP contribution in [0.2, 0.25) is 0 Å². The summed E-state index contributed by atoms with van der Waals surface area (Å²) in [5.41, 5.74) is 4.62. The molecule has 96 valence electrons. The number of benzene rings is 2. The van der Waals surface area contributed by atoms with E-state index in [0.29, 0.717) is 6.54 Å². The van der Waals surface area contributed by atoms with Gasteiger partial charge in [0.25, 0.3) is 0 Å². The molecular weight excluding hydrogens is 234 g/mol. The third-order valence-electron chi connectivity index (χ3n) is 3.16. The van der Waals surface area contributed by atoms with Crippen molar-refractivity contribution in [2.24, 2.45) is 0 Å². The molecule has 0 aliphatic rings. The van der Waals surface area contributed by atoms with E-state index in [1.807, 2.05) is 18.2 Å². The molecule has 19 heavy (non-hydrogen) atoms. The lowest BCUT2D eigenvalue weighted by Crippen LogP contribution is -1.98. The first-order chi connectivity index (χ1) is 9.20. The maximum absolute atomic E-state index is 5.79. The molecule has 1 heterocycles. The molecule has 0 fully saturated rings. The average molecular weight is 251 g/mol. The van der Waals surface area contributed by atoms with Gasteiger partial charge in [0, 0.05) is 11.1 Å². The largest absolute Gasteiger partial charge is 0.459 e. The van der Waals surface area contributed by atoms with Crippen molar-refractivity contribution in [1.29, 1.82) is 0 Å². The highest BCUT2D eigenvalue weighted by atomic mass is 16.3. The van der Waals surface area contributed by atoms with Gasteiger partial charge in [-0.15, -0.1) is 0 Å². The third kappa shape index (κ3) is 2.63. The van der Waals surface area contributed by atoms with Gasteiger partial charge in [0.15, 0.2) is 0 Å². The van der Waals surface area contributed by atoms with Crippen molar-refractivity contribution in [2.75, 3.05) is 5.32 Å². The molecule has 0 atom stereocenters. The van der Waals surface area contributed by atoms with Crippen LogP contribution in [-0.2, 0) is 6.54 Å². The topological polar surface area (TPSA) is 25.2 Å². The summed E-state index contributed by atoms with van der Waals surface area (Å²) >= 11 is 0. The second kappa shape index (κ2) is 4.81. The molecule has 3 aromatic rings. The van der Waals surface area contributed by atoms with Crippen LogP contribution in [0.25, 0.3) is 11.0 Å². The van der Waals surface area contributed by atoms with Gasteiger partial charge in [0.2, 0.25) is 0 Å². The van der Waals surface area contributed by atoms with Crippen LogP contribution >= 0.6 is 0 Å². The Morgan fingerprint density at radius 3 is 2.42 bits per heavy atom. The van der Waals surface area contributed by atoms with Gasteiger partial charge in [0.1, 0.15) is 11.3 Å². The van der Waals surface area contributed by atoms with Crippen molar-refractivity contribution >= 4 is 16.7 Å². The second-order valence-electron chi connectivity index (χ2n) is 4.98. The Balaban J connectivity index is 1.78. The standard InChI is InChI=1S/C17H17NO/c1-12-7-13(2)9-15(8-12)18-11-16-10-14-5-3-4-6-17(14)19-16/h3-10,18H,11H2,1-2H3. The van der Waals surface area contributed by atoms with E-state index in [2.05, 4.69) is 49.5 Å². The zero-order valence-corrected chi connectivity index (χ0v) is 11.2. The number of nitrogens with one attached hydrogen (secondary N) is 1. The summed E-state index contributed by atoms with van der Waals surface area (Å²) < 4.78 is 5.79. The first-order valence-electron chi connectivity index (χ1n) is 6.50. The maximum Gasteiger partial charge on any atom is 0.134 e. The number of fused-ring (bicyclic) bond motifs is 1. The van der Waals surface area contributed by atoms with Crippen LogP contribution < -0.4 is 5.32 Å². The first-order valence-corrected chi connectivity index (χ1v) is 6.50. The molecule has 1 aromatic heterocycles. The van der Waals surface area contributed by atoms with E-state index in [-0.39, 0.29) is 0 Å². The highest BCUT2D eigenvalue weighted by molar-refractivity contribution is 5.77. The summed E-state index contributed by atoms with van der Waals surface area (Å²) in [6.45, 7) is 4.93. The number of rotatable bonds is 3. The third-order valence-corrected chi connectivity index (χ3v) is 3.16. The molecule has 0 bridgehead atoms. The van der Waals surface area contributed by atoms with Crippen LogP contribution in [0.5, 0.6) is 0 Å². The van der Waals surface area contributed by atoms with Gasteiger partial charge in [-0.3, -0.25) is 0 Å². The lowest BCUT2D eigenvalue weighted by atomic mass is 10.1. The van der Waals surface area contributed by atoms with Crippen molar-refractivity contribution in [3.63, 3.8) is 0 Å². The predicted octanol–water partition coefficient (Wildman–Crippen LogP) is 4.66. The van der Waals surface area contributed by atoms with Crippen LogP contribution in [-0.4, -0.2) is 0 Å². The molecular formula is C17H17NO. The Morgan fingerprint density at radius 2 is 1.68 bits per heavy atom. The minimum absolute atomic E-state index is 0.706. The summed E-state index contributed by atoms with van der Waals surface area (Å²) in [5.74, 6) is 0.959. The Morgan fingerprint density at radius 1 is 0.947 bits per heavy atom. The van der Waals surface area contributed by atoms with Crippen molar-refractivity contribution in [3.8, 4) is 0 Å². The van der Waals surface area contributed by atoms with E-state index in [4.69, 9.17) is 4.42 Å². The van der Waals surface area contributed by atoms with Crippen molar-refractivity contribution < 1.29 is 4.42 Å². The normalized spacial score (nSPS) is 10.8. The van der Waals surface area contributed by atoms with E-state index >= 15 is 0 Å². The van der Waals surface area contributed by atoms with Gasteiger partial charge in [-0.2, -0.15) is 0 Å². The molecule has 2 nitrogen and oxygen atoms in total. The summed E-state index contributed by atoms with van der Waals surface area (Å²) in [6.07, 6.45) is 0. The number of hydrogen-bond acceptors (Lipinski definition) is 2. The molecule has 3 rings (SSSR count). The zero-order chi connectivity index (χ0) is 13.2. The summed E-state index contributed by atoms with van der Waals surface area (Å²) in [5, 5.41) is 4.56. The smallest absolute Gasteiger partial charge is 0.134 e. The maximum atomic E-state index is 5.79. The molecule has 0 unspecified atom stereocenters. The molecule has 1 N–H and O–H groups in total. The lowest BCUT2D eigenvalue weighted by Gasteiger charge is -2.06. The number of aryl methyl sites for hydroxylation is 2. The van der Waals surface area contributed by atoms with E-state index in [1.54, 1.807) is 0 Å². The van der Waals surface area contributed by atoms with Crippen LogP contribution in [0.1, 0.15) is 16.9 Å². The molecule has 0 aliphatic heterocycles. The lowest BCUT2D eigenvalue weighted by molar-refractivity contribution is 0.559.